The number of carbonyl (C=O) groups excluding carboxylic acids is 1. The Balaban J connectivity index is 2.28. The number of nitrogens with one attached hydrogen (secondary N) is 2. The van der Waals surface area contributed by atoms with Gasteiger partial charge in [-0.25, -0.2) is 4.39 Å². The molecule has 0 heterocycles. The second kappa shape index (κ2) is 8.74. The van der Waals surface area contributed by atoms with Crippen LogP contribution in [0.4, 0.5) is 10.1 Å². The van der Waals surface area contributed by atoms with Gasteiger partial charge in [-0.05, 0) is 57.0 Å². The van der Waals surface area contributed by atoms with Crippen LogP contribution in [0, 0.1) is 11.7 Å². The summed E-state index contributed by atoms with van der Waals surface area (Å²) in [6, 6.07) is 5.75. The topological polar surface area (TPSA) is 61.4 Å². The molecule has 0 saturated carbocycles. The Hall–Kier alpha value is -1.46. The van der Waals surface area contributed by atoms with E-state index in [0.29, 0.717) is 18.0 Å². The van der Waals surface area contributed by atoms with Crippen LogP contribution in [0.5, 0.6) is 0 Å². The molecular formula is C16H25FN2O2. The van der Waals surface area contributed by atoms with Crippen LogP contribution < -0.4 is 10.6 Å². The number of amides is 1. The van der Waals surface area contributed by atoms with Crippen LogP contribution in [0.3, 0.4) is 0 Å². The number of benzene rings is 1. The fraction of sp³-hybridized carbons (Fsp3) is 0.562. The predicted molar refractivity (Wildman–Crippen MR) is 82.6 cm³/mol. The van der Waals surface area contributed by atoms with Gasteiger partial charge >= 0.3 is 0 Å². The highest BCUT2D eigenvalue weighted by Gasteiger charge is 2.11. The zero-order valence-electron chi connectivity index (χ0n) is 12.9. The van der Waals surface area contributed by atoms with Gasteiger partial charge in [-0.2, -0.15) is 0 Å². The molecule has 3 atom stereocenters. The molecule has 1 aromatic rings. The highest BCUT2D eigenvalue weighted by atomic mass is 19.1. The summed E-state index contributed by atoms with van der Waals surface area (Å²) in [4.78, 5) is 11.8. The second-order valence-electron chi connectivity index (χ2n) is 5.76. The molecule has 0 fully saturated rings. The van der Waals surface area contributed by atoms with Crippen LogP contribution in [-0.2, 0) is 4.79 Å². The van der Waals surface area contributed by atoms with E-state index < -0.39 is 0 Å². The standard InChI is InChI=1S/C16H25FN2O2/c1-11(8-13(3)20)10-18-12(2)9-16(21)19-15-6-4-14(17)5-7-15/h4-7,11-13,18,20H,8-10H2,1-3H3,(H,19,21). The molecule has 0 saturated heterocycles. The SMILES string of the molecule is CC(O)CC(C)CNC(C)CC(=O)Nc1ccc(F)cc1. The first-order valence-corrected chi connectivity index (χ1v) is 7.33. The summed E-state index contributed by atoms with van der Waals surface area (Å²) >= 11 is 0. The lowest BCUT2D eigenvalue weighted by Gasteiger charge is -2.18. The highest BCUT2D eigenvalue weighted by Crippen LogP contribution is 2.09. The van der Waals surface area contributed by atoms with Crippen LogP contribution >= 0.6 is 0 Å². The van der Waals surface area contributed by atoms with Gasteiger partial charge in [0.15, 0.2) is 0 Å². The monoisotopic (exact) mass is 296 g/mol. The molecule has 0 aliphatic rings. The van der Waals surface area contributed by atoms with Crippen molar-refractivity contribution in [3.8, 4) is 0 Å². The van der Waals surface area contributed by atoms with Crippen molar-refractivity contribution in [1.82, 2.24) is 5.32 Å². The zero-order valence-corrected chi connectivity index (χ0v) is 12.9. The maximum atomic E-state index is 12.8. The Labute approximate surface area is 125 Å². The van der Waals surface area contributed by atoms with Gasteiger partial charge in [-0.3, -0.25) is 4.79 Å². The molecule has 0 aliphatic carbocycles. The molecule has 1 aromatic carbocycles. The van der Waals surface area contributed by atoms with Crippen molar-refractivity contribution in [3.63, 3.8) is 0 Å². The molecule has 4 nitrogen and oxygen atoms in total. The highest BCUT2D eigenvalue weighted by molar-refractivity contribution is 5.91. The maximum absolute atomic E-state index is 12.8. The Kier molecular flexibility index (Phi) is 7.32. The Bertz CT molecular complexity index is 434. The summed E-state index contributed by atoms with van der Waals surface area (Å²) in [5, 5.41) is 15.3. The molecule has 1 rings (SSSR count). The quantitative estimate of drug-likeness (QED) is 0.691. The van der Waals surface area contributed by atoms with E-state index in [2.05, 4.69) is 17.6 Å². The summed E-state index contributed by atoms with van der Waals surface area (Å²) in [5.41, 5.74) is 0.594. The van der Waals surface area contributed by atoms with Crippen LogP contribution in [0.25, 0.3) is 0 Å². The molecule has 0 spiro atoms. The fourth-order valence-corrected chi connectivity index (χ4v) is 2.16. The molecule has 5 heteroatoms. The van der Waals surface area contributed by atoms with Crippen molar-refractivity contribution in [2.75, 3.05) is 11.9 Å². The van der Waals surface area contributed by atoms with Gasteiger partial charge in [-0.15, -0.1) is 0 Å². The van der Waals surface area contributed by atoms with E-state index in [4.69, 9.17) is 0 Å². The van der Waals surface area contributed by atoms with Crippen molar-refractivity contribution in [2.45, 2.75) is 45.8 Å². The number of aliphatic hydroxyl groups excluding tert-OH is 1. The Morgan fingerprint density at radius 2 is 1.86 bits per heavy atom. The minimum atomic E-state index is -0.324. The number of hydrogen-bond acceptors (Lipinski definition) is 3. The third kappa shape index (κ3) is 7.78. The number of aliphatic hydroxyl groups is 1. The number of rotatable bonds is 8. The van der Waals surface area contributed by atoms with Gasteiger partial charge < -0.3 is 15.7 Å². The van der Waals surface area contributed by atoms with E-state index >= 15 is 0 Å². The molecular weight excluding hydrogens is 271 g/mol. The first kappa shape index (κ1) is 17.6. The summed E-state index contributed by atoms with van der Waals surface area (Å²) in [6.45, 7) is 6.54. The molecule has 3 unspecified atom stereocenters. The summed E-state index contributed by atoms with van der Waals surface area (Å²) in [5.74, 6) is -0.0764. The Morgan fingerprint density at radius 1 is 1.24 bits per heavy atom. The van der Waals surface area contributed by atoms with E-state index in [1.54, 1.807) is 6.92 Å². The van der Waals surface area contributed by atoms with Crippen molar-refractivity contribution < 1.29 is 14.3 Å². The summed E-state index contributed by atoms with van der Waals surface area (Å²) < 4.78 is 12.8. The van der Waals surface area contributed by atoms with E-state index in [9.17, 15) is 14.3 Å². The minimum Gasteiger partial charge on any atom is -0.393 e. The maximum Gasteiger partial charge on any atom is 0.225 e. The normalized spacial score (nSPS) is 15.3. The zero-order chi connectivity index (χ0) is 15.8. The number of carbonyl (C=O) groups is 1. The van der Waals surface area contributed by atoms with Crippen molar-refractivity contribution in [2.24, 2.45) is 5.92 Å². The lowest BCUT2D eigenvalue weighted by atomic mass is 10.0. The van der Waals surface area contributed by atoms with Gasteiger partial charge in [0.2, 0.25) is 5.91 Å². The molecule has 0 aromatic heterocycles. The first-order valence-electron chi connectivity index (χ1n) is 7.33. The Morgan fingerprint density at radius 3 is 2.43 bits per heavy atom. The first-order chi connectivity index (χ1) is 9.86. The van der Waals surface area contributed by atoms with Crippen LogP contribution in [0.2, 0.25) is 0 Å². The predicted octanol–water partition coefficient (Wildman–Crippen LogP) is 2.54. The molecule has 0 radical (unpaired) electrons. The third-order valence-electron chi connectivity index (χ3n) is 3.18. The summed E-state index contributed by atoms with van der Waals surface area (Å²) in [6.07, 6.45) is 0.777. The minimum absolute atomic E-state index is 0.0434. The molecule has 0 bridgehead atoms. The third-order valence-corrected chi connectivity index (χ3v) is 3.18. The van der Waals surface area contributed by atoms with E-state index in [0.717, 1.165) is 13.0 Å². The van der Waals surface area contributed by atoms with Crippen LogP contribution in [0.15, 0.2) is 24.3 Å². The molecule has 0 aliphatic heterocycles. The van der Waals surface area contributed by atoms with Crippen molar-refractivity contribution >= 4 is 11.6 Å². The smallest absolute Gasteiger partial charge is 0.225 e. The van der Waals surface area contributed by atoms with Gasteiger partial charge in [0.25, 0.3) is 0 Å². The van der Waals surface area contributed by atoms with E-state index in [1.165, 1.54) is 24.3 Å². The number of hydrogen-bond donors (Lipinski definition) is 3. The number of halogens is 1. The average Bonchev–Trinajstić information content (AvgIpc) is 2.38. The second-order valence-corrected chi connectivity index (χ2v) is 5.76. The lowest BCUT2D eigenvalue weighted by Crippen LogP contribution is -2.34. The van der Waals surface area contributed by atoms with Crippen molar-refractivity contribution in [1.29, 1.82) is 0 Å². The van der Waals surface area contributed by atoms with Crippen LogP contribution in [-0.4, -0.2) is 29.7 Å². The molecule has 1 amide bonds. The summed E-state index contributed by atoms with van der Waals surface area (Å²) in [7, 11) is 0. The van der Waals surface area contributed by atoms with Gasteiger partial charge in [0, 0.05) is 18.2 Å². The lowest BCUT2D eigenvalue weighted by molar-refractivity contribution is -0.116. The van der Waals surface area contributed by atoms with E-state index in [-0.39, 0.29) is 23.9 Å². The van der Waals surface area contributed by atoms with Gasteiger partial charge in [0.05, 0.1) is 6.10 Å². The van der Waals surface area contributed by atoms with Crippen molar-refractivity contribution in [3.05, 3.63) is 30.1 Å². The van der Waals surface area contributed by atoms with Gasteiger partial charge in [-0.1, -0.05) is 6.92 Å². The number of anilines is 1. The van der Waals surface area contributed by atoms with E-state index in [1.807, 2.05) is 6.92 Å². The van der Waals surface area contributed by atoms with Crippen LogP contribution in [0.1, 0.15) is 33.6 Å². The molecule has 21 heavy (non-hydrogen) atoms. The molecule has 118 valence electrons. The van der Waals surface area contributed by atoms with Gasteiger partial charge in [0.1, 0.15) is 5.82 Å². The molecule has 3 N–H and O–H groups in total. The average molecular weight is 296 g/mol. The fourth-order valence-electron chi connectivity index (χ4n) is 2.16. The largest absolute Gasteiger partial charge is 0.393 e.